The normalized spacial score (nSPS) is 9.91. The third-order valence-electron chi connectivity index (χ3n) is 3.18. The van der Waals surface area contributed by atoms with Gasteiger partial charge in [0, 0.05) is 35.9 Å². The molecule has 0 bridgehead atoms. The molecule has 0 saturated heterocycles. The number of benzene rings is 1. The fraction of sp³-hybridized carbons (Fsp3) is 0.118. The second-order valence-corrected chi connectivity index (χ2v) is 4.79. The fourth-order valence-corrected chi connectivity index (χ4v) is 1.93. The standard InChI is InChI=1S/C17H17N3O2/c1-4-16(21)20(3)15-7-5-13(6-8-15)17(22)19-14-9-10-18-12(2)11-14/h4-11H,1H2,2-3H3,(H,18,19,22). The van der Waals surface area contributed by atoms with Crippen LogP contribution in [-0.4, -0.2) is 23.8 Å². The minimum absolute atomic E-state index is 0.204. The van der Waals surface area contributed by atoms with Crippen molar-refractivity contribution in [3.63, 3.8) is 0 Å². The van der Waals surface area contributed by atoms with E-state index < -0.39 is 0 Å². The molecule has 0 saturated carbocycles. The van der Waals surface area contributed by atoms with Gasteiger partial charge in [0.05, 0.1) is 0 Å². The van der Waals surface area contributed by atoms with Crippen LogP contribution in [0.5, 0.6) is 0 Å². The Kier molecular flexibility index (Phi) is 4.68. The number of nitrogens with zero attached hydrogens (tertiary/aromatic N) is 2. The van der Waals surface area contributed by atoms with Crippen LogP contribution in [0, 0.1) is 6.92 Å². The highest BCUT2D eigenvalue weighted by molar-refractivity contribution is 6.05. The summed E-state index contributed by atoms with van der Waals surface area (Å²) in [7, 11) is 1.65. The maximum absolute atomic E-state index is 12.2. The average molecular weight is 295 g/mol. The lowest BCUT2D eigenvalue weighted by molar-refractivity contribution is -0.113. The van der Waals surface area contributed by atoms with Gasteiger partial charge >= 0.3 is 0 Å². The van der Waals surface area contributed by atoms with E-state index in [0.29, 0.717) is 16.9 Å². The summed E-state index contributed by atoms with van der Waals surface area (Å²) in [6.45, 7) is 5.30. The molecule has 1 aromatic carbocycles. The first-order valence-electron chi connectivity index (χ1n) is 6.75. The molecule has 2 rings (SSSR count). The number of rotatable bonds is 4. The van der Waals surface area contributed by atoms with Crippen molar-refractivity contribution in [2.75, 3.05) is 17.3 Å². The van der Waals surface area contributed by atoms with E-state index in [1.54, 1.807) is 49.6 Å². The second-order valence-electron chi connectivity index (χ2n) is 4.79. The zero-order chi connectivity index (χ0) is 16.1. The minimum atomic E-state index is -0.213. The number of hydrogen-bond donors (Lipinski definition) is 1. The van der Waals surface area contributed by atoms with Crippen LogP contribution >= 0.6 is 0 Å². The van der Waals surface area contributed by atoms with Crippen molar-refractivity contribution >= 4 is 23.2 Å². The van der Waals surface area contributed by atoms with Gasteiger partial charge in [-0.1, -0.05) is 6.58 Å². The lowest BCUT2D eigenvalue weighted by atomic mass is 10.1. The average Bonchev–Trinajstić information content (AvgIpc) is 2.53. The Morgan fingerprint density at radius 2 is 1.91 bits per heavy atom. The molecule has 0 aliphatic heterocycles. The van der Waals surface area contributed by atoms with Crippen molar-refractivity contribution in [2.45, 2.75) is 6.92 Å². The molecule has 1 aromatic heterocycles. The van der Waals surface area contributed by atoms with E-state index in [1.807, 2.05) is 6.92 Å². The summed E-state index contributed by atoms with van der Waals surface area (Å²) < 4.78 is 0. The monoisotopic (exact) mass is 295 g/mol. The Morgan fingerprint density at radius 1 is 1.23 bits per heavy atom. The maximum Gasteiger partial charge on any atom is 0.255 e. The first-order valence-corrected chi connectivity index (χ1v) is 6.75. The molecule has 0 spiro atoms. The van der Waals surface area contributed by atoms with Crippen molar-refractivity contribution in [2.24, 2.45) is 0 Å². The second kappa shape index (κ2) is 6.67. The molecule has 0 radical (unpaired) electrons. The van der Waals surface area contributed by atoms with Gasteiger partial charge in [-0.2, -0.15) is 0 Å². The lowest BCUT2D eigenvalue weighted by Crippen LogP contribution is -2.23. The fourth-order valence-electron chi connectivity index (χ4n) is 1.93. The summed E-state index contributed by atoms with van der Waals surface area (Å²) in [6, 6.07) is 10.3. The SMILES string of the molecule is C=CC(=O)N(C)c1ccc(C(=O)Nc2ccnc(C)c2)cc1. The molecule has 0 aliphatic carbocycles. The number of amides is 2. The molecular formula is C17H17N3O2. The highest BCUT2D eigenvalue weighted by Crippen LogP contribution is 2.16. The number of hydrogen-bond acceptors (Lipinski definition) is 3. The van der Waals surface area contributed by atoms with E-state index in [9.17, 15) is 9.59 Å². The summed E-state index contributed by atoms with van der Waals surface area (Å²) in [5.41, 5.74) is 2.73. The van der Waals surface area contributed by atoms with Gasteiger partial charge in [0.25, 0.3) is 5.91 Å². The molecule has 1 N–H and O–H groups in total. The van der Waals surface area contributed by atoms with E-state index in [2.05, 4.69) is 16.9 Å². The Hall–Kier alpha value is -2.95. The van der Waals surface area contributed by atoms with Gasteiger partial charge in [-0.05, 0) is 49.4 Å². The van der Waals surface area contributed by atoms with Crippen molar-refractivity contribution < 1.29 is 9.59 Å². The number of aryl methyl sites for hydroxylation is 1. The van der Waals surface area contributed by atoms with Crippen LogP contribution in [0.2, 0.25) is 0 Å². The summed E-state index contributed by atoms with van der Waals surface area (Å²) in [5.74, 6) is -0.417. The van der Waals surface area contributed by atoms with Gasteiger partial charge in [0.15, 0.2) is 0 Å². The van der Waals surface area contributed by atoms with Gasteiger partial charge in [-0.3, -0.25) is 14.6 Å². The molecule has 0 fully saturated rings. The zero-order valence-corrected chi connectivity index (χ0v) is 12.5. The van der Waals surface area contributed by atoms with Crippen LogP contribution in [0.1, 0.15) is 16.1 Å². The molecule has 2 amide bonds. The molecule has 5 nitrogen and oxygen atoms in total. The van der Waals surface area contributed by atoms with Gasteiger partial charge in [0.2, 0.25) is 5.91 Å². The third-order valence-corrected chi connectivity index (χ3v) is 3.18. The predicted molar refractivity (Wildman–Crippen MR) is 87.0 cm³/mol. The molecule has 0 atom stereocenters. The third kappa shape index (κ3) is 3.58. The quantitative estimate of drug-likeness (QED) is 0.882. The number of anilines is 2. The number of likely N-dealkylation sites (N-methyl/N-ethyl adjacent to an activating group) is 1. The van der Waals surface area contributed by atoms with Crippen LogP contribution in [0.15, 0.2) is 55.3 Å². The van der Waals surface area contributed by atoms with Crippen LogP contribution in [0.25, 0.3) is 0 Å². The van der Waals surface area contributed by atoms with Crippen molar-refractivity contribution in [3.05, 3.63) is 66.5 Å². The van der Waals surface area contributed by atoms with E-state index in [-0.39, 0.29) is 11.8 Å². The topological polar surface area (TPSA) is 62.3 Å². The molecule has 0 aliphatic rings. The Bertz CT molecular complexity index is 708. The molecule has 22 heavy (non-hydrogen) atoms. The highest BCUT2D eigenvalue weighted by atomic mass is 16.2. The van der Waals surface area contributed by atoms with Gasteiger partial charge in [-0.15, -0.1) is 0 Å². The van der Waals surface area contributed by atoms with Crippen LogP contribution in [-0.2, 0) is 4.79 Å². The molecule has 112 valence electrons. The molecule has 2 aromatic rings. The summed E-state index contributed by atoms with van der Waals surface area (Å²) >= 11 is 0. The largest absolute Gasteiger partial charge is 0.322 e. The van der Waals surface area contributed by atoms with Crippen molar-refractivity contribution in [1.29, 1.82) is 0 Å². The highest BCUT2D eigenvalue weighted by Gasteiger charge is 2.10. The number of aromatic nitrogens is 1. The van der Waals surface area contributed by atoms with E-state index in [4.69, 9.17) is 0 Å². The Balaban J connectivity index is 2.11. The van der Waals surface area contributed by atoms with E-state index in [0.717, 1.165) is 5.69 Å². The van der Waals surface area contributed by atoms with Crippen LogP contribution < -0.4 is 10.2 Å². The smallest absolute Gasteiger partial charge is 0.255 e. The number of carbonyl (C=O) groups is 2. The Morgan fingerprint density at radius 3 is 2.50 bits per heavy atom. The van der Waals surface area contributed by atoms with E-state index in [1.165, 1.54) is 11.0 Å². The first kappa shape index (κ1) is 15.4. The molecular weight excluding hydrogens is 278 g/mol. The first-order chi connectivity index (χ1) is 10.5. The van der Waals surface area contributed by atoms with Crippen LogP contribution in [0.4, 0.5) is 11.4 Å². The predicted octanol–water partition coefficient (Wildman–Crippen LogP) is 2.79. The van der Waals surface area contributed by atoms with Gasteiger partial charge in [0.1, 0.15) is 0 Å². The Labute approximate surface area is 129 Å². The number of nitrogens with one attached hydrogen (secondary N) is 1. The molecule has 0 unspecified atom stereocenters. The molecule has 5 heteroatoms. The van der Waals surface area contributed by atoms with Gasteiger partial charge in [-0.25, -0.2) is 0 Å². The number of carbonyl (C=O) groups excluding carboxylic acids is 2. The summed E-state index contributed by atoms with van der Waals surface area (Å²) in [4.78, 5) is 29.2. The van der Waals surface area contributed by atoms with Crippen LogP contribution in [0.3, 0.4) is 0 Å². The van der Waals surface area contributed by atoms with Crippen molar-refractivity contribution in [1.82, 2.24) is 4.98 Å². The van der Waals surface area contributed by atoms with Gasteiger partial charge < -0.3 is 10.2 Å². The lowest BCUT2D eigenvalue weighted by Gasteiger charge is -2.15. The minimum Gasteiger partial charge on any atom is -0.322 e. The maximum atomic E-state index is 12.2. The molecule has 1 heterocycles. The summed E-state index contributed by atoms with van der Waals surface area (Å²) in [6.07, 6.45) is 2.89. The van der Waals surface area contributed by atoms with E-state index >= 15 is 0 Å². The van der Waals surface area contributed by atoms with Crippen molar-refractivity contribution in [3.8, 4) is 0 Å². The summed E-state index contributed by atoms with van der Waals surface area (Å²) in [5, 5.41) is 2.81. The zero-order valence-electron chi connectivity index (χ0n) is 12.5. The number of pyridine rings is 1.